The van der Waals surface area contributed by atoms with E-state index < -0.39 is 23.0 Å². The average Bonchev–Trinajstić information content (AvgIpc) is 3.42. The summed E-state index contributed by atoms with van der Waals surface area (Å²) < 4.78 is 16.5. The lowest BCUT2D eigenvalue weighted by Gasteiger charge is -2.25. The van der Waals surface area contributed by atoms with Gasteiger partial charge in [-0.25, -0.2) is 4.39 Å². The van der Waals surface area contributed by atoms with Crippen LogP contribution in [-0.4, -0.2) is 62.5 Å². The minimum absolute atomic E-state index is 0.00824. The maximum atomic E-state index is 13.6. The zero-order valence-electron chi connectivity index (χ0n) is 18.0. The van der Waals surface area contributed by atoms with Gasteiger partial charge in [-0.15, -0.1) is 0 Å². The Kier molecular flexibility index (Phi) is 5.16. The number of fused-ring (bicyclic) bond motifs is 3. The fraction of sp³-hybridized carbons (Fsp3) is 0.348. The van der Waals surface area contributed by atoms with Crippen LogP contribution < -0.4 is 5.56 Å². The molecule has 8 nitrogen and oxygen atoms in total. The third-order valence-corrected chi connectivity index (χ3v) is 6.71. The van der Waals surface area contributed by atoms with Crippen LogP contribution in [0.4, 0.5) is 4.39 Å². The molecule has 1 fully saturated rings. The van der Waals surface area contributed by atoms with Crippen molar-refractivity contribution in [1.29, 1.82) is 0 Å². The van der Waals surface area contributed by atoms with Gasteiger partial charge >= 0.3 is 0 Å². The van der Waals surface area contributed by atoms with E-state index in [9.17, 15) is 23.9 Å². The van der Waals surface area contributed by atoms with Gasteiger partial charge in [-0.1, -0.05) is 17.7 Å². The first-order valence-electron chi connectivity index (χ1n) is 10.7. The Balaban J connectivity index is 1.75. The standard InChI is InChI=1S/C23H22ClFN4O4/c1-26-8-9-29-18-14(21(31)27-6-2-3-7-27)12-28(11-13-4-5-16(25)15(24)10-13)22(32)17(18)20(30)19(29)23(26)33/h4-5,10,12,30H,2-3,6-9,11H2,1H3. The lowest BCUT2D eigenvalue weighted by Crippen LogP contribution is -2.37. The molecule has 0 saturated carbocycles. The van der Waals surface area contributed by atoms with Gasteiger partial charge in [0, 0.05) is 39.4 Å². The van der Waals surface area contributed by atoms with Crippen LogP contribution in [0.25, 0.3) is 10.9 Å². The molecule has 1 aromatic carbocycles. The number of aromatic nitrogens is 2. The number of amides is 2. The number of pyridine rings is 1. The second-order valence-electron chi connectivity index (χ2n) is 8.52. The second-order valence-corrected chi connectivity index (χ2v) is 8.93. The van der Waals surface area contributed by atoms with Crippen LogP contribution in [0.1, 0.15) is 39.3 Å². The molecule has 0 atom stereocenters. The first-order valence-corrected chi connectivity index (χ1v) is 11.1. The molecule has 1 N–H and O–H groups in total. The van der Waals surface area contributed by atoms with Crippen molar-refractivity contribution in [2.24, 2.45) is 0 Å². The van der Waals surface area contributed by atoms with Gasteiger partial charge in [0.05, 0.1) is 22.6 Å². The summed E-state index contributed by atoms with van der Waals surface area (Å²) in [6, 6.07) is 4.13. The average molecular weight is 473 g/mol. The van der Waals surface area contributed by atoms with Crippen molar-refractivity contribution in [2.75, 3.05) is 26.7 Å². The van der Waals surface area contributed by atoms with Gasteiger partial charge in [-0.05, 0) is 30.5 Å². The minimum atomic E-state index is -0.575. The maximum absolute atomic E-state index is 13.6. The molecule has 0 aliphatic carbocycles. The van der Waals surface area contributed by atoms with Crippen molar-refractivity contribution in [1.82, 2.24) is 18.9 Å². The first-order chi connectivity index (χ1) is 15.8. The lowest BCUT2D eigenvalue weighted by atomic mass is 10.1. The number of carbonyl (C=O) groups is 2. The Morgan fingerprint density at radius 3 is 2.58 bits per heavy atom. The smallest absolute Gasteiger partial charge is 0.274 e. The molecule has 0 unspecified atom stereocenters. The Morgan fingerprint density at radius 1 is 1.15 bits per heavy atom. The summed E-state index contributed by atoms with van der Waals surface area (Å²) in [6.45, 7) is 1.97. The monoisotopic (exact) mass is 472 g/mol. The van der Waals surface area contributed by atoms with Crippen molar-refractivity contribution >= 4 is 34.3 Å². The van der Waals surface area contributed by atoms with Crippen LogP contribution in [0.3, 0.4) is 0 Å². The van der Waals surface area contributed by atoms with Gasteiger partial charge < -0.3 is 24.0 Å². The van der Waals surface area contributed by atoms with Crippen LogP contribution in [0.5, 0.6) is 5.75 Å². The first kappa shape index (κ1) is 21.5. The number of benzene rings is 1. The Morgan fingerprint density at radius 2 is 1.88 bits per heavy atom. The van der Waals surface area contributed by atoms with Gasteiger partial charge in [-0.3, -0.25) is 14.4 Å². The molecular formula is C23H22ClFN4O4. The van der Waals surface area contributed by atoms with Crippen LogP contribution in [0, 0.1) is 5.82 Å². The Bertz CT molecular complexity index is 1370. The quantitative estimate of drug-likeness (QED) is 0.635. The summed E-state index contributed by atoms with van der Waals surface area (Å²) in [5.74, 6) is -1.66. The highest BCUT2D eigenvalue weighted by atomic mass is 35.5. The van der Waals surface area contributed by atoms with Crippen molar-refractivity contribution in [3.05, 3.63) is 62.4 Å². The van der Waals surface area contributed by atoms with Crippen LogP contribution >= 0.6 is 11.6 Å². The van der Waals surface area contributed by atoms with E-state index in [2.05, 4.69) is 0 Å². The molecule has 2 aliphatic rings. The van der Waals surface area contributed by atoms with E-state index in [1.165, 1.54) is 33.9 Å². The largest absolute Gasteiger partial charge is 0.505 e. The van der Waals surface area contributed by atoms with Gasteiger partial charge in [0.1, 0.15) is 11.2 Å². The normalized spacial score (nSPS) is 16.0. The number of likely N-dealkylation sites (N-methyl/N-ethyl adjacent to an activating group) is 1. The van der Waals surface area contributed by atoms with E-state index >= 15 is 0 Å². The van der Waals surface area contributed by atoms with Gasteiger partial charge in [0.15, 0.2) is 11.4 Å². The summed E-state index contributed by atoms with van der Waals surface area (Å²) in [7, 11) is 1.62. The van der Waals surface area contributed by atoms with Gasteiger partial charge in [-0.2, -0.15) is 0 Å². The molecule has 172 valence electrons. The molecule has 1 saturated heterocycles. The number of likely N-dealkylation sites (tertiary alicyclic amines) is 1. The molecule has 2 aliphatic heterocycles. The third-order valence-electron chi connectivity index (χ3n) is 6.42. The predicted octanol–water partition coefficient (Wildman–Crippen LogP) is 2.67. The number of halogens is 2. The highest BCUT2D eigenvalue weighted by Crippen LogP contribution is 2.35. The summed E-state index contributed by atoms with van der Waals surface area (Å²) in [5, 5.41) is 10.8. The van der Waals surface area contributed by atoms with Crippen molar-refractivity contribution in [3.8, 4) is 5.75 Å². The summed E-state index contributed by atoms with van der Waals surface area (Å²) in [6.07, 6.45) is 3.25. The zero-order chi connectivity index (χ0) is 23.4. The van der Waals surface area contributed by atoms with E-state index in [1.807, 2.05) is 0 Å². The number of carbonyl (C=O) groups excluding carboxylic acids is 2. The second kappa shape index (κ2) is 7.91. The molecule has 0 bridgehead atoms. The molecule has 4 heterocycles. The fourth-order valence-corrected chi connectivity index (χ4v) is 4.88. The minimum Gasteiger partial charge on any atom is -0.505 e. The molecule has 2 amide bonds. The maximum Gasteiger partial charge on any atom is 0.274 e. The van der Waals surface area contributed by atoms with Crippen LogP contribution in [0.15, 0.2) is 29.2 Å². The number of rotatable bonds is 3. The highest BCUT2D eigenvalue weighted by Gasteiger charge is 2.34. The SMILES string of the molecule is CN1CCn2c(c(O)c3c(=O)n(Cc4ccc(F)c(Cl)c4)cc(C(=O)N4CCCC4)c32)C1=O. The topological polar surface area (TPSA) is 87.8 Å². The van der Waals surface area contributed by atoms with Crippen molar-refractivity contribution < 1.29 is 19.1 Å². The van der Waals surface area contributed by atoms with E-state index in [0.29, 0.717) is 31.7 Å². The number of hydrogen-bond donors (Lipinski definition) is 1. The molecule has 10 heteroatoms. The zero-order valence-corrected chi connectivity index (χ0v) is 18.7. The molecule has 3 aromatic rings. The molecule has 0 spiro atoms. The summed E-state index contributed by atoms with van der Waals surface area (Å²) in [4.78, 5) is 42.9. The third kappa shape index (κ3) is 3.38. The van der Waals surface area contributed by atoms with Crippen LogP contribution in [-0.2, 0) is 13.1 Å². The molecule has 2 aromatic heterocycles. The van der Waals surface area contributed by atoms with Gasteiger partial charge in [0.25, 0.3) is 17.4 Å². The van der Waals surface area contributed by atoms with Crippen LogP contribution in [0.2, 0.25) is 5.02 Å². The van der Waals surface area contributed by atoms with E-state index in [4.69, 9.17) is 11.6 Å². The molecule has 0 radical (unpaired) electrons. The number of hydrogen-bond acceptors (Lipinski definition) is 4. The van der Waals surface area contributed by atoms with Gasteiger partial charge in [0.2, 0.25) is 0 Å². The molecule has 33 heavy (non-hydrogen) atoms. The summed E-state index contributed by atoms with van der Waals surface area (Å²) >= 11 is 5.90. The lowest BCUT2D eigenvalue weighted by molar-refractivity contribution is 0.0743. The number of aromatic hydroxyl groups is 1. The van der Waals surface area contributed by atoms with Crippen molar-refractivity contribution in [2.45, 2.75) is 25.9 Å². The fourth-order valence-electron chi connectivity index (χ4n) is 4.68. The van der Waals surface area contributed by atoms with E-state index in [1.54, 1.807) is 16.5 Å². The Hall–Kier alpha value is -3.33. The Labute approximate surface area is 193 Å². The highest BCUT2D eigenvalue weighted by molar-refractivity contribution is 6.30. The molecule has 5 rings (SSSR count). The predicted molar refractivity (Wildman–Crippen MR) is 120 cm³/mol. The van der Waals surface area contributed by atoms with E-state index in [-0.39, 0.29) is 39.6 Å². The van der Waals surface area contributed by atoms with E-state index in [0.717, 1.165) is 12.8 Å². The van der Waals surface area contributed by atoms with Crippen molar-refractivity contribution in [3.63, 3.8) is 0 Å². The number of nitrogens with zero attached hydrogens (tertiary/aromatic N) is 4. The summed E-state index contributed by atoms with van der Waals surface area (Å²) in [5.41, 5.74) is 0.548. The molecular weight excluding hydrogens is 451 g/mol.